The molecule has 0 saturated carbocycles. The topological polar surface area (TPSA) is 15.8 Å². The lowest BCUT2D eigenvalue weighted by Gasteiger charge is -2.10. The number of nitrogens with one attached hydrogen (secondary N) is 1. The Kier molecular flexibility index (Phi) is 3.39. The lowest BCUT2D eigenvalue weighted by Crippen LogP contribution is -1.99. The van der Waals surface area contributed by atoms with Crippen LogP contribution in [0.1, 0.15) is 43.5 Å². The average molecular weight is 165 g/mol. The summed E-state index contributed by atoms with van der Waals surface area (Å²) in [5.74, 6) is 0. The van der Waals surface area contributed by atoms with Crippen molar-refractivity contribution in [2.24, 2.45) is 0 Å². The first-order valence-corrected chi connectivity index (χ1v) is 5.03. The summed E-state index contributed by atoms with van der Waals surface area (Å²) in [7, 11) is 0. The third kappa shape index (κ3) is 1.71. The summed E-state index contributed by atoms with van der Waals surface area (Å²) in [5.41, 5.74) is 4.53. The van der Waals surface area contributed by atoms with Gasteiger partial charge in [-0.3, -0.25) is 0 Å². The third-order valence-corrected chi connectivity index (χ3v) is 2.43. The van der Waals surface area contributed by atoms with Crippen LogP contribution >= 0.6 is 0 Å². The summed E-state index contributed by atoms with van der Waals surface area (Å²) in [5, 5.41) is 0. The van der Waals surface area contributed by atoms with E-state index >= 15 is 0 Å². The second-order valence-corrected chi connectivity index (χ2v) is 3.12. The highest BCUT2D eigenvalue weighted by Crippen LogP contribution is 2.22. The van der Waals surface area contributed by atoms with Gasteiger partial charge in [-0.05, 0) is 43.7 Å². The molecule has 1 aliphatic rings. The Labute approximate surface area is 75.2 Å². The van der Waals surface area contributed by atoms with Crippen molar-refractivity contribution < 1.29 is 0 Å². The summed E-state index contributed by atoms with van der Waals surface area (Å²) < 4.78 is 0. The molecular formula is C11H19N. The van der Waals surface area contributed by atoms with E-state index in [0.29, 0.717) is 0 Å². The molecule has 12 heavy (non-hydrogen) atoms. The maximum Gasteiger partial charge on any atom is 0.0150 e. The van der Waals surface area contributed by atoms with Crippen LogP contribution in [0.25, 0.3) is 0 Å². The van der Waals surface area contributed by atoms with Crippen LogP contribution in [-0.4, -0.2) is 4.98 Å². The molecule has 1 nitrogen and oxygen atoms in total. The Hall–Kier alpha value is -0.720. The van der Waals surface area contributed by atoms with Gasteiger partial charge in [0.2, 0.25) is 0 Å². The molecule has 0 unspecified atom stereocenters. The van der Waals surface area contributed by atoms with Crippen molar-refractivity contribution in [2.75, 3.05) is 0 Å². The lowest BCUT2D eigenvalue weighted by atomic mass is 9.94. The molecule has 68 valence electrons. The highest BCUT2D eigenvalue weighted by molar-refractivity contribution is 5.31. The molecule has 0 bridgehead atoms. The van der Waals surface area contributed by atoms with Crippen LogP contribution in [-0.2, 0) is 12.8 Å². The van der Waals surface area contributed by atoms with Crippen LogP contribution in [0.15, 0.2) is 6.20 Å². The number of hydrogen-bond acceptors (Lipinski definition) is 0. The van der Waals surface area contributed by atoms with E-state index in [1.54, 1.807) is 11.1 Å². The second-order valence-electron chi connectivity index (χ2n) is 3.12. The molecule has 1 aromatic rings. The zero-order valence-electron chi connectivity index (χ0n) is 8.41. The molecule has 1 heterocycles. The number of H-pyrrole nitrogens is 1. The van der Waals surface area contributed by atoms with Crippen molar-refractivity contribution in [2.45, 2.75) is 46.5 Å². The zero-order chi connectivity index (χ0) is 8.97. The van der Waals surface area contributed by atoms with Gasteiger partial charge in [0, 0.05) is 11.9 Å². The van der Waals surface area contributed by atoms with Crippen molar-refractivity contribution in [3.8, 4) is 0 Å². The second kappa shape index (κ2) is 4.34. The SMILES string of the molecule is CC.Cc1[nH]cc2c1CCCC2. The van der Waals surface area contributed by atoms with E-state index in [1.807, 2.05) is 13.8 Å². The molecule has 1 heteroatoms. The van der Waals surface area contributed by atoms with Crippen LogP contribution < -0.4 is 0 Å². The van der Waals surface area contributed by atoms with E-state index in [4.69, 9.17) is 0 Å². The summed E-state index contributed by atoms with van der Waals surface area (Å²) in [4.78, 5) is 3.28. The lowest BCUT2D eigenvalue weighted by molar-refractivity contribution is 0.687. The van der Waals surface area contributed by atoms with E-state index in [0.717, 1.165) is 0 Å². The summed E-state index contributed by atoms with van der Waals surface area (Å²) in [6.07, 6.45) is 7.52. The van der Waals surface area contributed by atoms with Gasteiger partial charge < -0.3 is 4.98 Å². The molecule has 1 aromatic heterocycles. The fraction of sp³-hybridized carbons (Fsp3) is 0.636. The predicted molar refractivity (Wildman–Crippen MR) is 53.5 cm³/mol. The Balaban J connectivity index is 0.000000336. The van der Waals surface area contributed by atoms with Crippen molar-refractivity contribution in [1.29, 1.82) is 0 Å². The molecule has 0 saturated heterocycles. The average Bonchev–Trinajstić information content (AvgIpc) is 2.53. The molecule has 0 fully saturated rings. The van der Waals surface area contributed by atoms with Gasteiger partial charge in [-0.2, -0.15) is 0 Å². The number of aromatic nitrogens is 1. The smallest absolute Gasteiger partial charge is 0.0150 e. The van der Waals surface area contributed by atoms with Gasteiger partial charge >= 0.3 is 0 Å². The van der Waals surface area contributed by atoms with Gasteiger partial charge in [0.25, 0.3) is 0 Å². The molecule has 0 aliphatic heterocycles. The van der Waals surface area contributed by atoms with Crippen molar-refractivity contribution in [1.82, 2.24) is 4.98 Å². The van der Waals surface area contributed by atoms with E-state index in [9.17, 15) is 0 Å². The number of aryl methyl sites for hydroxylation is 2. The summed E-state index contributed by atoms with van der Waals surface area (Å²) in [6.45, 7) is 6.17. The van der Waals surface area contributed by atoms with Crippen molar-refractivity contribution in [3.05, 3.63) is 23.0 Å². The quantitative estimate of drug-likeness (QED) is 0.607. The molecule has 2 rings (SSSR count). The summed E-state index contributed by atoms with van der Waals surface area (Å²) in [6, 6.07) is 0. The molecule has 0 aromatic carbocycles. The fourth-order valence-electron chi connectivity index (χ4n) is 1.80. The Morgan fingerprint density at radius 1 is 1.17 bits per heavy atom. The van der Waals surface area contributed by atoms with Crippen LogP contribution in [0.4, 0.5) is 0 Å². The van der Waals surface area contributed by atoms with Crippen LogP contribution in [0.5, 0.6) is 0 Å². The minimum atomic E-state index is 1.29. The number of aromatic amines is 1. The molecule has 1 aliphatic carbocycles. The van der Waals surface area contributed by atoms with E-state index in [1.165, 1.54) is 31.4 Å². The van der Waals surface area contributed by atoms with Gasteiger partial charge in [0.15, 0.2) is 0 Å². The molecule has 0 atom stereocenters. The molecular weight excluding hydrogens is 146 g/mol. The Bertz CT molecular complexity index is 235. The largest absolute Gasteiger partial charge is 0.365 e. The summed E-state index contributed by atoms with van der Waals surface area (Å²) >= 11 is 0. The van der Waals surface area contributed by atoms with Gasteiger partial charge in [0.05, 0.1) is 0 Å². The molecule has 0 amide bonds. The Morgan fingerprint density at radius 3 is 2.50 bits per heavy atom. The number of rotatable bonds is 0. The van der Waals surface area contributed by atoms with Crippen molar-refractivity contribution in [3.63, 3.8) is 0 Å². The van der Waals surface area contributed by atoms with Gasteiger partial charge in [-0.1, -0.05) is 13.8 Å². The van der Waals surface area contributed by atoms with Crippen molar-refractivity contribution >= 4 is 0 Å². The number of fused-ring (bicyclic) bond motifs is 1. The van der Waals surface area contributed by atoms with Crippen LogP contribution in [0, 0.1) is 6.92 Å². The molecule has 0 spiro atoms. The third-order valence-electron chi connectivity index (χ3n) is 2.43. The monoisotopic (exact) mass is 165 g/mol. The molecule has 1 N–H and O–H groups in total. The van der Waals surface area contributed by atoms with Gasteiger partial charge in [-0.25, -0.2) is 0 Å². The van der Waals surface area contributed by atoms with Crippen LogP contribution in [0.2, 0.25) is 0 Å². The first kappa shape index (κ1) is 9.37. The maximum absolute atomic E-state index is 3.28. The van der Waals surface area contributed by atoms with Gasteiger partial charge in [0.1, 0.15) is 0 Å². The first-order valence-electron chi connectivity index (χ1n) is 5.03. The van der Waals surface area contributed by atoms with E-state index in [-0.39, 0.29) is 0 Å². The zero-order valence-corrected chi connectivity index (χ0v) is 8.41. The first-order chi connectivity index (χ1) is 5.88. The molecule has 0 radical (unpaired) electrons. The highest BCUT2D eigenvalue weighted by atomic mass is 14.7. The van der Waals surface area contributed by atoms with E-state index < -0.39 is 0 Å². The normalized spacial score (nSPS) is 14.6. The number of hydrogen-bond donors (Lipinski definition) is 1. The van der Waals surface area contributed by atoms with E-state index in [2.05, 4.69) is 18.1 Å². The Morgan fingerprint density at radius 2 is 1.83 bits per heavy atom. The van der Waals surface area contributed by atoms with Gasteiger partial charge in [-0.15, -0.1) is 0 Å². The predicted octanol–water partition coefficient (Wildman–Crippen LogP) is 3.23. The minimum absolute atomic E-state index is 1.29. The van der Waals surface area contributed by atoms with Crippen LogP contribution in [0.3, 0.4) is 0 Å². The maximum atomic E-state index is 3.28. The highest BCUT2D eigenvalue weighted by Gasteiger charge is 2.11. The minimum Gasteiger partial charge on any atom is -0.365 e. The fourth-order valence-corrected chi connectivity index (χ4v) is 1.80. The standard InChI is InChI=1S/C9H13N.C2H6/c1-7-9-5-3-2-4-8(9)6-10-7;1-2/h6,10H,2-5H2,1H3;1-2H3.